The smallest absolute Gasteiger partial charge is 0.115 e. The fraction of sp³-hybridized carbons (Fsp3) is 0.667. The molecule has 1 saturated carbocycles. The van der Waals surface area contributed by atoms with Crippen LogP contribution in [0.25, 0.3) is 0 Å². The molecule has 1 atom stereocenters. The summed E-state index contributed by atoms with van der Waals surface area (Å²) in [6.45, 7) is 5.95. The highest BCUT2D eigenvalue weighted by Gasteiger charge is 2.39. The maximum Gasteiger partial charge on any atom is 0.115 e. The number of benzene rings is 1. The fourth-order valence-electron chi connectivity index (χ4n) is 3.82. The summed E-state index contributed by atoms with van der Waals surface area (Å²) in [5.41, 5.74) is 1.62. The van der Waals surface area contributed by atoms with Gasteiger partial charge in [-0.3, -0.25) is 0 Å². The Morgan fingerprint density at radius 3 is 2.90 bits per heavy atom. The normalized spacial score (nSPS) is 27.1. The van der Waals surface area contributed by atoms with Gasteiger partial charge in [-0.2, -0.15) is 0 Å². The molecule has 2 heteroatoms. The molecule has 1 aromatic rings. The molecule has 1 heterocycles. The topological polar surface area (TPSA) is 23.5 Å². The zero-order chi connectivity index (χ0) is 14.0. The number of hydrogen-bond acceptors (Lipinski definition) is 2. The number of likely N-dealkylation sites (tertiary alicyclic amines) is 1. The molecule has 0 aromatic heterocycles. The monoisotopic (exact) mass is 273 g/mol. The summed E-state index contributed by atoms with van der Waals surface area (Å²) < 4.78 is 0. The maximum atomic E-state index is 9.79. The molecule has 1 aliphatic heterocycles. The minimum Gasteiger partial charge on any atom is -0.508 e. The first kappa shape index (κ1) is 13.9. The van der Waals surface area contributed by atoms with Gasteiger partial charge in [0.1, 0.15) is 5.75 Å². The van der Waals surface area contributed by atoms with E-state index in [9.17, 15) is 5.11 Å². The van der Waals surface area contributed by atoms with Crippen LogP contribution in [0, 0.1) is 5.92 Å². The molecule has 0 unspecified atom stereocenters. The number of rotatable bonds is 6. The molecule has 2 aliphatic rings. The van der Waals surface area contributed by atoms with E-state index in [-0.39, 0.29) is 5.41 Å². The summed E-state index contributed by atoms with van der Waals surface area (Å²) in [7, 11) is 0. The Labute approximate surface area is 122 Å². The van der Waals surface area contributed by atoms with E-state index in [0.717, 1.165) is 5.92 Å². The van der Waals surface area contributed by atoms with Crippen LogP contribution in [0.4, 0.5) is 0 Å². The van der Waals surface area contributed by atoms with Crippen molar-refractivity contribution >= 4 is 0 Å². The molecular formula is C18H27NO. The van der Waals surface area contributed by atoms with Crippen LogP contribution >= 0.6 is 0 Å². The van der Waals surface area contributed by atoms with Crippen LogP contribution in [0.1, 0.15) is 51.0 Å². The Morgan fingerprint density at radius 2 is 2.20 bits per heavy atom. The summed E-state index contributed by atoms with van der Waals surface area (Å²) >= 11 is 0. The van der Waals surface area contributed by atoms with Crippen molar-refractivity contribution < 1.29 is 5.11 Å². The number of phenolic OH excluding ortho intramolecular Hbond substituents is 1. The Kier molecular flexibility index (Phi) is 4.02. The average Bonchev–Trinajstić information content (AvgIpc) is 3.18. The highest BCUT2D eigenvalue weighted by molar-refractivity contribution is 5.34. The summed E-state index contributed by atoms with van der Waals surface area (Å²) in [5, 5.41) is 9.79. The molecule has 0 spiro atoms. The van der Waals surface area contributed by atoms with E-state index in [1.165, 1.54) is 63.7 Å². The fourth-order valence-corrected chi connectivity index (χ4v) is 3.82. The van der Waals surface area contributed by atoms with Gasteiger partial charge in [-0.05, 0) is 56.0 Å². The summed E-state index contributed by atoms with van der Waals surface area (Å²) in [4.78, 5) is 2.65. The van der Waals surface area contributed by atoms with Crippen molar-refractivity contribution in [3.8, 4) is 5.75 Å². The second-order valence-electron chi connectivity index (χ2n) is 6.84. The standard InChI is InChI=1S/C18H27NO/c1-2-9-18(16-4-3-5-17(20)13-16)10-12-19(14-18)11-8-15-6-7-15/h3-5,13,15,20H,2,6-12,14H2,1H3/t18-/m0/s1. The van der Waals surface area contributed by atoms with Crippen LogP contribution in [-0.2, 0) is 5.41 Å². The third kappa shape index (κ3) is 3.01. The highest BCUT2D eigenvalue weighted by Crippen LogP contribution is 2.40. The minimum atomic E-state index is 0.275. The quantitative estimate of drug-likeness (QED) is 0.848. The van der Waals surface area contributed by atoms with Gasteiger partial charge >= 0.3 is 0 Å². The first-order valence-electron chi connectivity index (χ1n) is 8.24. The molecular weight excluding hydrogens is 246 g/mol. The molecule has 1 N–H and O–H groups in total. The van der Waals surface area contributed by atoms with Crippen molar-refractivity contribution in [2.75, 3.05) is 19.6 Å². The van der Waals surface area contributed by atoms with E-state index in [1.807, 2.05) is 12.1 Å². The lowest BCUT2D eigenvalue weighted by Crippen LogP contribution is -2.31. The molecule has 1 aromatic carbocycles. The van der Waals surface area contributed by atoms with Crippen molar-refractivity contribution in [3.05, 3.63) is 29.8 Å². The van der Waals surface area contributed by atoms with Gasteiger partial charge in [0, 0.05) is 12.0 Å². The third-order valence-corrected chi connectivity index (χ3v) is 5.17. The van der Waals surface area contributed by atoms with Gasteiger partial charge in [0.2, 0.25) is 0 Å². The summed E-state index contributed by atoms with van der Waals surface area (Å²) in [5.74, 6) is 1.44. The Morgan fingerprint density at radius 1 is 1.35 bits per heavy atom. The van der Waals surface area contributed by atoms with Gasteiger partial charge in [-0.1, -0.05) is 38.3 Å². The van der Waals surface area contributed by atoms with Crippen LogP contribution in [0.2, 0.25) is 0 Å². The Hall–Kier alpha value is -1.02. The van der Waals surface area contributed by atoms with E-state index < -0.39 is 0 Å². The van der Waals surface area contributed by atoms with Gasteiger partial charge in [-0.25, -0.2) is 0 Å². The van der Waals surface area contributed by atoms with Gasteiger partial charge in [0.05, 0.1) is 0 Å². The van der Waals surface area contributed by atoms with E-state index in [0.29, 0.717) is 5.75 Å². The van der Waals surface area contributed by atoms with Gasteiger partial charge in [-0.15, -0.1) is 0 Å². The van der Waals surface area contributed by atoms with Crippen molar-refractivity contribution in [2.24, 2.45) is 5.92 Å². The lowest BCUT2D eigenvalue weighted by molar-refractivity contribution is 0.292. The largest absolute Gasteiger partial charge is 0.508 e. The number of nitrogens with zero attached hydrogens (tertiary/aromatic N) is 1. The van der Waals surface area contributed by atoms with E-state index >= 15 is 0 Å². The summed E-state index contributed by atoms with van der Waals surface area (Å²) in [6.07, 6.45) is 8.00. The van der Waals surface area contributed by atoms with E-state index in [4.69, 9.17) is 0 Å². The molecule has 2 fully saturated rings. The molecule has 0 radical (unpaired) electrons. The van der Waals surface area contributed by atoms with E-state index in [1.54, 1.807) is 6.07 Å². The van der Waals surface area contributed by atoms with Gasteiger partial charge in [0.15, 0.2) is 0 Å². The van der Waals surface area contributed by atoms with Crippen molar-refractivity contribution in [2.45, 2.75) is 50.9 Å². The zero-order valence-corrected chi connectivity index (χ0v) is 12.6. The van der Waals surface area contributed by atoms with Crippen LogP contribution in [0.5, 0.6) is 5.75 Å². The molecule has 0 amide bonds. The lowest BCUT2D eigenvalue weighted by Gasteiger charge is -2.30. The first-order valence-corrected chi connectivity index (χ1v) is 8.24. The number of phenols is 1. The molecule has 20 heavy (non-hydrogen) atoms. The van der Waals surface area contributed by atoms with Crippen molar-refractivity contribution in [1.29, 1.82) is 0 Å². The third-order valence-electron chi connectivity index (χ3n) is 5.17. The van der Waals surface area contributed by atoms with E-state index in [2.05, 4.69) is 17.9 Å². The predicted molar refractivity (Wildman–Crippen MR) is 83.1 cm³/mol. The molecule has 1 saturated heterocycles. The maximum absolute atomic E-state index is 9.79. The average molecular weight is 273 g/mol. The predicted octanol–water partition coefficient (Wildman–Crippen LogP) is 3.94. The molecule has 0 bridgehead atoms. The van der Waals surface area contributed by atoms with Gasteiger partial charge in [0.25, 0.3) is 0 Å². The van der Waals surface area contributed by atoms with Gasteiger partial charge < -0.3 is 10.0 Å². The van der Waals surface area contributed by atoms with Crippen molar-refractivity contribution in [3.63, 3.8) is 0 Å². The molecule has 2 nitrogen and oxygen atoms in total. The van der Waals surface area contributed by atoms with Crippen LogP contribution < -0.4 is 0 Å². The highest BCUT2D eigenvalue weighted by atomic mass is 16.3. The van der Waals surface area contributed by atoms with Crippen LogP contribution in [-0.4, -0.2) is 29.6 Å². The summed E-state index contributed by atoms with van der Waals surface area (Å²) in [6, 6.07) is 7.97. The second kappa shape index (κ2) is 5.77. The molecule has 1 aliphatic carbocycles. The SMILES string of the molecule is CCC[C@]1(c2cccc(O)c2)CCN(CCC2CC2)C1. The van der Waals surface area contributed by atoms with Crippen molar-refractivity contribution in [1.82, 2.24) is 4.90 Å². The van der Waals surface area contributed by atoms with Crippen LogP contribution in [0.15, 0.2) is 24.3 Å². The lowest BCUT2D eigenvalue weighted by atomic mass is 9.76. The van der Waals surface area contributed by atoms with Crippen LogP contribution in [0.3, 0.4) is 0 Å². The number of aromatic hydroxyl groups is 1. The number of hydrogen-bond donors (Lipinski definition) is 1. The Bertz CT molecular complexity index is 454. The molecule has 3 rings (SSSR count). The second-order valence-corrected chi connectivity index (χ2v) is 6.84. The first-order chi connectivity index (χ1) is 9.72. The zero-order valence-electron chi connectivity index (χ0n) is 12.6. The minimum absolute atomic E-state index is 0.275. The molecule has 110 valence electrons. The Balaban J connectivity index is 1.71.